The number of fused-ring (bicyclic) bond motifs is 1. The summed E-state index contributed by atoms with van der Waals surface area (Å²) < 4.78 is 13.7. The lowest BCUT2D eigenvalue weighted by Gasteiger charge is -2.20. The first-order valence-corrected chi connectivity index (χ1v) is 6.63. The number of carbonyl (C=O) groups is 1. The minimum Gasteiger partial charge on any atom is -0.378 e. The smallest absolute Gasteiger partial charge is 0.257 e. The van der Waals surface area contributed by atoms with Crippen molar-refractivity contribution >= 4 is 17.3 Å². The number of nitrogens with zero attached hydrogens (tertiary/aromatic N) is 1. The third-order valence-corrected chi connectivity index (χ3v) is 3.64. The molecule has 2 aromatic rings. The summed E-state index contributed by atoms with van der Waals surface area (Å²) in [5.74, 6) is -0.659. The number of halogens is 1. The van der Waals surface area contributed by atoms with Crippen LogP contribution in [0.25, 0.3) is 0 Å². The fraction of sp³-hybridized carbons (Fsp3) is 0.188. The summed E-state index contributed by atoms with van der Waals surface area (Å²) >= 11 is 0. The van der Waals surface area contributed by atoms with Gasteiger partial charge in [0.25, 0.3) is 5.91 Å². The average molecular weight is 286 g/mol. The van der Waals surface area contributed by atoms with Crippen molar-refractivity contribution in [1.82, 2.24) is 0 Å². The van der Waals surface area contributed by atoms with Crippen molar-refractivity contribution in [3.8, 4) is 0 Å². The predicted octanol–water partition coefficient (Wildman–Crippen LogP) is 2.45. The quantitative estimate of drug-likeness (QED) is 0.911. The number of aliphatic hydroxyl groups is 1. The first-order chi connectivity index (χ1) is 10.1. The van der Waals surface area contributed by atoms with Crippen LogP contribution in [-0.2, 0) is 11.3 Å². The van der Waals surface area contributed by atoms with Gasteiger partial charge in [-0.1, -0.05) is 24.3 Å². The number of carbonyl (C=O) groups excluding carboxylic acids is 1. The summed E-state index contributed by atoms with van der Waals surface area (Å²) in [6, 6.07) is 11.9. The highest BCUT2D eigenvalue weighted by Gasteiger charge is 2.28. The van der Waals surface area contributed by atoms with E-state index < -0.39 is 12.0 Å². The van der Waals surface area contributed by atoms with E-state index in [2.05, 4.69) is 5.32 Å². The van der Waals surface area contributed by atoms with E-state index in [1.54, 1.807) is 30.3 Å². The molecule has 4 nitrogen and oxygen atoms in total. The first kappa shape index (κ1) is 13.6. The highest BCUT2D eigenvalue weighted by Crippen LogP contribution is 2.33. The molecule has 3 rings (SSSR count). The highest BCUT2D eigenvalue weighted by atomic mass is 19.1. The minimum absolute atomic E-state index is 0.241. The number of amides is 1. The van der Waals surface area contributed by atoms with Gasteiger partial charge < -0.3 is 15.3 Å². The van der Waals surface area contributed by atoms with Gasteiger partial charge in [0, 0.05) is 36.1 Å². The lowest BCUT2D eigenvalue weighted by atomic mass is 10.1. The Morgan fingerprint density at radius 1 is 1.29 bits per heavy atom. The summed E-state index contributed by atoms with van der Waals surface area (Å²) in [4.78, 5) is 13.3. The Kier molecular flexibility index (Phi) is 3.35. The number of hydrogen-bond acceptors (Lipinski definition) is 3. The Labute approximate surface area is 121 Å². The molecule has 0 aliphatic carbocycles. The molecule has 1 aliphatic heterocycles. The molecule has 2 N–H and O–H groups in total. The third kappa shape index (κ3) is 2.48. The zero-order valence-electron chi connectivity index (χ0n) is 11.5. The number of nitrogens with one attached hydrogen (secondary N) is 1. The molecular weight excluding hydrogens is 271 g/mol. The molecule has 0 saturated carbocycles. The van der Waals surface area contributed by atoms with E-state index >= 15 is 0 Å². The number of hydrogen-bond donors (Lipinski definition) is 2. The monoisotopic (exact) mass is 286 g/mol. The van der Waals surface area contributed by atoms with Gasteiger partial charge in [0.15, 0.2) is 6.10 Å². The fourth-order valence-electron chi connectivity index (χ4n) is 2.44. The molecule has 1 aliphatic rings. The van der Waals surface area contributed by atoms with Crippen molar-refractivity contribution in [2.75, 3.05) is 17.3 Å². The maximum absolute atomic E-state index is 13.7. The van der Waals surface area contributed by atoms with E-state index in [1.165, 1.54) is 6.07 Å². The summed E-state index contributed by atoms with van der Waals surface area (Å²) in [5.41, 5.74) is 2.62. The summed E-state index contributed by atoms with van der Waals surface area (Å²) in [6.07, 6.45) is -1.11. The second-order valence-electron chi connectivity index (χ2n) is 5.11. The Bertz CT molecular complexity index is 702. The number of anilines is 2. The van der Waals surface area contributed by atoms with Crippen molar-refractivity contribution in [3.05, 3.63) is 59.4 Å². The molecule has 1 amide bonds. The molecule has 1 atom stereocenters. The highest BCUT2D eigenvalue weighted by molar-refractivity contribution is 6.02. The van der Waals surface area contributed by atoms with Crippen LogP contribution in [0, 0.1) is 5.82 Å². The van der Waals surface area contributed by atoms with Crippen molar-refractivity contribution in [3.63, 3.8) is 0 Å². The van der Waals surface area contributed by atoms with Gasteiger partial charge in [-0.2, -0.15) is 0 Å². The van der Waals surface area contributed by atoms with E-state index in [1.807, 2.05) is 18.0 Å². The lowest BCUT2D eigenvalue weighted by molar-refractivity contribution is -0.123. The Hall–Kier alpha value is -2.40. The molecule has 0 fully saturated rings. The van der Waals surface area contributed by atoms with E-state index in [-0.39, 0.29) is 5.82 Å². The van der Waals surface area contributed by atoms with Gasteiger partial charge in [-0.05, 0) is 18.2 Å². The molecule has 5 heteroatoms. The van der Waals surface area contributed by atoms with Crippen LogP contribution in [0.5, 0.6) is 0 Å². The Balaban J connectivity index is 1.84. The zero-order chi connectivity index (χ0) is 15.0. The van der Waals surface area contributed by atoms with E-state index in [9.17, 15) is 14.3 Å². The van der Waals surface area contributed by atoms with Gasteiger partial charge in [-0.15, -0.1) is 0 Å². The Morgan fingerprint density at radius 2 is 2.05 bits per heavy atom. The van der Waals surface area contributed by atoms with Crippen LogP contribution in [-0.4, -0.2) is 18.1 Å². The second kappa shape index (κ2) is 5.18. The van der Waals surface area contributed by atoms with E-state index in [0.29, 0.717) is 23.4 Å². The fourth-order valence-corrected chi connectivity index (χ4v) is 2.44. The molecule has 0 bridgehead atoms. The molecule has 0 saturated heterocycles. The van der Waals surface area contributed by atoms with Crippen molar-refractivity contribution in [1.29, 1.82) is 0 Å². The molecule has 2 aromatic carbocycles. The minimum atomic E-state index is -1.11. The number of aliphatic hydroxyl groups excluding tert-OH is 1. The molecule has 1 heterocycles. The van der Waals surface area contributed by atoms with Crippen molar-refractivity contribution in [2.24, 2.45) is 0 Å². The lowest BCUT2D eigenvalue weighted by Crippen LogP contribution is -2.17. The van der Waals surface area contributed by atoms with Gasteiger partial charge in [-0.25, -0.2) is 4.39 Å². The molecule has 0 radical (unpaired) electrons. The average Bonchev–Trinajstić information content (AvgIpc) is 2.76. The van der Waals surface area contributed by atoms with E-state index in [0.717, 1.165) is 5.69 Å². The summed E-state index contributed by atoms with van der Waals surface area (Å²) in [7, 11) is 1.85. The number of rotatable bonds is 3. The van der Waals surface area contributed by atoms with Crippen molar-refractivity contribution in [2.45, 2.75) is 12.6 Å². The van der Waals surface area contributed by atoms with Gasteiger partial charge >= 0.3 is 0 Å². The first-order valence-electron chi connectivity index (χ1n) is 6.63. The van der Waals surface area contributed by atoms with Crippen LogP contribution in [0.2, 0.25) is 0 Å². The van der Waals surface area contributed by atoms with Gasteiger partial charge in [0.1, 0.15) is 5.82 Å². The van der Waals surface area contributed by atoms with Crippen molar-refractivity contribution < 1.29 is 14.3 Å². The molecule has 108 valence electrons. The van der Waals surface area contributed by atoms with E-state index in [4.69, 9.17) is 0 Å². The van der Waals surface area contributed by atoms with Crippen LogP contribution in [0.1, 0.15) is 17.2 Å². The molecular formula is C16H15FN2O2. The van der Waals surface area contributed by atoms with Crippen LogP contribution in [0.3, 0.4) is 0 Å². The molecule has 0 aromatic heterocycles. The van der Waals surface area contributed by atoms with Crippen LogP contribution >= 0.6 is 0 Å². The standard InChI is InChI=1S/C16H15FN2O2/c1-19(9-10-4-2-3-5-13(10)17)11-6-7-12-14(8-11)18-16(21)15(12)20/h2-8,15,20H,9H2,1H3,(H,18,21). The molecule has 0 spiro atoms. The van der Waals surface area contributed by atoms with Gasteiger partial charge in [0.2, 0.25) is 0 Å². The molecule has 21 heavy (non-hydrogen) atoms. The van der Waals surface area contributed by atoms with Crippen LogP contribution < -0.4 is 10.2 Å². The third-order valence-electron chi connectivity index (χ3n) is 3.64. The summed E-state index contributed by atoms with van der Waals surface area (Å²) in [6.45, 7) is 0.419. The maximum Gasteiger partial charge on any atom is 0.257 e. The zero-order valence-corrected chi connectivity index (χ0v) is 11.5. The summed E-state index contributed by atoms with van der Waals surface area (Å²) in [5, 5.41) is 12.3. The van der Waals surface area contributed by atoms with Crippen LogP contribution in [0.15, 0.2) is 42.5 Å². The topological polar surface area (TPSA) is 52.6 Å². The maximum atomic E-state index is 13.7. The Morgan fingerprint density at radius 3 is 2.81 bits per heavy atom. The number of benzene rings is 2. The van der Waals surface area contributed by atoms with Crippen LogP contribution in [0.4, 0.5) is 15.8 Å². The largest absolute Gasteiger partial charge is 0.378 e. The predicted molar refractivity (Wildman–Crippen MR) is 78.5 cm³/mol. The SMILES string of the molecule is CN(Cc1ccccc1F)c1ccc2c(c1)NC(=O)C2O. The second-order valence-corrected chi connectivity index (χ2v) is 5.11. The normalized spacial score (nSPS) is 16.5. The molecule has 1 unspecified atom stereocenters. The van der Waals surface area contributed by atoms with Gasteiger partial charge in [0.05, 0.1) is 0 Å². The van der Waals surface area contributed by atoms with Gasteiger partial charge in [-0.3, -0.25) is 4.79 Å².